The van der Waals surface area contributed by atoms with E-state index in [4.69, 9.17) is 51.1 Å². The number of carboxylic acids is 4. The molecular weight excluding hydrogens is 367 g/mol. The molecule has 0 aliphatic rings. The normalized spacial score (nSPS) is 6.19. The molecule has 0 aliphatic carbocycles. The quantitative estimate of drug-likeness (QED) is 0.434. The minimum Gasteiger partial charge on any atom is -0.550 e. The van der Waals surface area contributed by atoms with Crippen LogP contribution < -0.4 is 31.9 Å². The van der Waals surface area contributed by atoms with Crippen LogP contribution in [0.25, 0.3) is 0 Å². The molecule has 0 aromatic rings. The van der Waals surface area contributed by atoms with Crippen LogP contribution in [0.2, 0.25) is 0 Å². The summed E-state index contributed by atoms with van der Waals surface area (Å²) < 4.78 is 0. The van der Waals surface area contributed by atoms with Gasteiger partial charge in [0.25, 0.3) is 0 Å². The molecule has 0 spiro atoms. The Morgan fingerprint density at radius 1 is 0.619 bits per heavy atom. The van der Waals surface area contributed by atoms with Crippen LogP contribution in [0.15, 0.2) is 0 Å². The number of rotatable bonds is 1. The second-order valence-electron chi connectivity index (χ2n) is 2.54. The van der Waals surface area contributed by atoms with E-state index >= 15 is 0 Å². The minimum absolute atomic E-state index is 0. The number of nitrogens with two attached hydrogens (primary N) is 2. The van der Waals surface area contributed by atoms with Gasteiger partial charge in [0.1, 0.15) is 0 Å². The van der Waals surface area contributed by atoms with Gasteiger partial charge < -0.3 is 51.1 Å². The maximum absolute atomic E-state index is 8.89. The van der Waals surface area contributed by atoms with Crippen LogP contribution in [0, 0.1) is 0 Å². The maximum atomic E-state index is 8.89. The van der Waals surface area contributed by atoms with E-state index in [-0.39, 0.29) is 26.2 Å². The van der Waals surface area contributed by atoms with E-state index in [1.165, 1.54) is 0 Å². The largest absolute Gasteiger partial charge is 4.00 e. The van der Waals surface area contributed by atoms with Gasteiger partial charge in [-0.3, -0.25) is 0 Å². The summed E-state index contributed by atoms with van der Waals surface area (Å²) in [6.07, 6.45) is 0. The van der Waals surface area contributed by atoms with Gasteiger partial charge in [0.15, 0.2) is 0 Å². The van der Waals surface area contributed by atoms with Crippen LogP contribution in [-0.2, 0) is 45.4 Å². The molecule has 122 valence electrons. The molecule has 10 nitrogen and oxygen atoms in total. The zero-order valence-electron chi connectivity index (χ0n) is 12.3. The van der Waals surface area contributed by atoms with Gasteiger partial charge in [-0.1, -0.05) is 0 Å². The summed E-state index contributed by atoms with van der Waals surface area (Å²) >= 11 is 0. The zero-order chi connectivity index (χ0) is 17.7. The molecule has 0 amide bonds. The van der Waals surface area contributed by atoms with Crippen molar-refractivity contribution in [1.29, 1.82) is 0 Å². The van der Waals surface area contributed by atoms with Crippen molar-refractivity contribution in [3.05, 3.63) is 0 Å². The first-order chi connectivity index (χ1) is 8.84. The molecule has 0 aromatic carbocycles. The molecule has 0 heterocycles. The van der Waals surface area contributed by atoms with Gasteiger partial charge in [0.05, 0.1) is 0 Å². The third-order valence-corrected chi connectivity index (χ3v) is 0.167. The maximum Gasteiger partial charge on any atom is 4.00 e. The minimum atomic E-state index is -1.08. The number of carboxylic acid groups (broad SMARTS) is 4. The van der Waals surface area contributed by atoms with Crippen LogP contribution in [0.1, 0.15) is 27.7 Å². The molecule has 0 aromatic heterocycles. The Hall–Kier alpha value is -1.32. The number of hydrogen-bond donors (Lipinski definition) is 2. The Morgan fingerprint density at radius 2 is 0.667 bits per heavy atom. The number of aliphatic carboxylic acids is 4. The van der Waals surface area contributed by atoms with E-state index in [9.17, 15) is 0 Å². The fourth-order valence-corrected chi connectivity index (χ4v) is 0. The number of hydrogen-bond acceptors (Lipinski definition) is 10. The fourth-order valence-electron chi connectivity index (χ4n) is 0. The van der Waals surface area contributed by atoms with Crippen molar-refractivity contribution in [2.45, 2.75) is 27.7 Å². The van der Waals surface area contributed by atoms with Gasteiger partial charge in [-0.05, 0) is 27.7 Å². The molecule has 0 unspecified atom stereocenters. The summed E-state index contributed by atoms with van der Waals surface area (Å²) in [5, 5.41) is 35.6. The molecule has 0 rings (SSSR count). The first-order valence-electron chi connectivity index (χ1n) is 4.95. The van der Waals surface area contributed by atoms with Crippen LogP contribution in [0.3, 0.4) is 0 Å². The summed E-state index contributed by atoms with van der Waals surface area (Å²) in [5.74, 6) is -4.33. The molecular formula is C10H20N2O8Zr. The van der Waals surface area contributed by atoms with E-state index < -0.39 is 23.9 Å². The number of carbonyl (C=O) groups is 4. The predicted octanol–water partition coefficient (Wildman–Crippen LogP) is -6.07. The van der Waals surface area contributed by atoms with Crippen LogP contribution in [-0.4, -0.2) is 37.0 Å². The molecule has 0 bridgehead atoms. The Labute approximate surface area is 142 Å². The zero-order valence-corrected chi connectivity index (χ0v) is 14.8. The molecule has 0 radical (unpaired) electrons. The third kappa shape index (κ3) is 51800. The monoisotopic (exact) mass is 386 g/mol. The molecule has 21 heavy (non-hydrogen) atoms. The van der Waals surface area contributed by atoms with Crippen molar-refractivity contribution in [3.63, 3.8) is 0 Å². The first kappa shape index (κ1) is 36.7. The molecule has 0 saturated carbocycles. The van der Waals surface area contributed by atoms with Crippen LogP contribution in [0.4, 0.5) is 0 Å². The standard InChI is InChI=1S/C2H8N2.4C2H4O2.Zr/c3-1-2-4;4*1-2(3)4;/h1-4H2;4*1H3,(H,3,4);/q;;;;;+4/p-4. The van der Waals surface area contributed by atoms with E-state index in [1.54, 1.807) is 0 Å². The fraction of sp³-hybridized carbons (Fsp3) is 0.600. The van der Waals surface area contributed by atoms with E-state index in [1.807, 2.05) is 0 Å². The van der Waals surface area contributed by atoms with Gasteiger partial charge in [-0.25, -0.2) is 0 Å². The Morgan fingerprint density at radius 3 is 0.667 bits per heavy atom. The molecule has 0 aliphatic heterocycles. The first-order valence-corrected chi connectivity index (χ1v) is 4.95. The summed E-state index contributed by atoms with van der Waals surface area (Å²) in [4.78, 5) is 35.6. The smallest absolute Gasteiger partial charge is 0.550 e. The van der Waals surface area contributed by atoms with E-state index in [2.05, 4.69) is 0 Å². The summed E-state index contributed by atoms with van der Waals surface area (Å²) in [5.41, 5.74) is 9.81. The Bertz CT molecular complexity index is 195. The Kier molecular flexibility index (Phi) is 63.5. The van der Waals surface area contributed by atoms with Gasteiger partial charge in [0.2, 0.25) is 0 Å². The second kappa shape index (κ2) is 36.3. The van der Waals surface area contributed by atoms with Crippen molar-refractivity contribution < 1.29 is 65.8 Å². The van der Waals surface area contributed by atoms with Gasteiger partial charge in [-0.15, -0.1) is 0 Å². The number of carbonyl (C=O) groups excluding carboxylic acids is 4. The summed E-state index contributed by atoms with van der Waals surface area (Å²) in [6, 6.07) is 0. The van der Waals surface area contributed by atoms with Gasteiger partial charge >= 0.3 is 26.2 Å². The average molecular weight is 388 g/mol. The topological polar surface area (TPSA) is 213 Å². The van der Waals surface area contributed by atoms with Crippen molar-refractivity contribution in [3.8, 4) is 0 Å². The van der Waals surface area contributed by atoms with Crippen molar-refractivity contribution in [1.82, 2.24) is 0 Å². The van der Waals surface area contributed by atoms with Crippen LogP contribution in [0.5, 0.6) is 0 Å². The second-order valence-corrected chi connectivity index (χ2v) is 2.54. The van der Waals surface area contributed by atoms with E-state index in [0.29, 0.717) is 13.1 Å². The summed E-state index contributed by atoms with van der Waals surface area (Å²) in [7, 11) is 0. The summed E-state index contributed by atoms with van der Waals surface area (Å²) in [6.45, 7) is 5.08. The molecule has 0 fully saturated rings. The van der Waals surface area contributed by atoms with Crippen molar-refractivity contribution in [2.24, 2.45) is 11.5 Å². The molecule has 4 N–H and O–H groups in total. The Balaban J connectivity index is -0.0000000331. The predicted molar refractivity (Wildman–Crippen MR) is 60.8 cm³/mol. The third-order valence-electron chi connectivity index (χ3n) is 0.167. The molecule has 11 heteroatoms. The van der Waals surface area contributed by atoms with Gasteiger partial charge in [-0.2, -0.15) is 0 Å². The van der Waals surface area contributed by atoms with Crippen LogP contribution >= 0.6 is 0 Å². The molecule has 0 saturated heterocycles. The van der Waals surface area contributed by atoms with E-state index in [0.717, 1.165) is 27.7 Å². The van der Waals surface area contributed by atoms with Crippen molar-refractivity contribution in [2.75, 3.05) is 13.1 Å². The molecule has 0 atom stereocenters. The SMILES string of the molecule is CC(=O)[O-].CC(=O)[O-].CC(=O)[O-].CC(=O)[O-].NCCN.[Zr+4]. The van der Waals surface area contributed by atoms with Crippen molar-refractivity contribution >= 4 is 23.9 Å². The van der Waals surface area contributed by atoms with Gasteiger partial charge in [0, 0.05) is 37.0 Å². The average Bonchev–Trinajstić information content (AvgIpc) is 2.13.